The van der Waals surface area contributed by atoms with Crippen molar-refractivity contribution in [1.82, 2.24) is 0 Å². The lowest BCUT2D eigenvalue weighted by Crippen LogP contribution is -2.10. The molecule has 2 rings (SSSR count). The fourth-order valence-corrected chi connectivity index (χ4v) is 2.62. The average Bonchev–Trinajstić information content (AvgIpc) is 2.33. The van der Waals surface area contributed by atoms with E-state index in [-0.39, 0.29) is 15.1 Å². The largest absolute Gasteiger partial charge is 0.389 e. The van der Waals surface area contributed by atoms with Crippen molar-refractivity contribution in [3.8, 4) is 0 Å². The molecule has 7 heteroatoms. The summed E-state index contributed by atoms with van der Waals surface area (Å²) in [6, 6.07) is 6.79. The van der Waals surface area contributed by atoms with Gasteiger partial charge in [0.2, 0.25) is 0 Å². The lowest BCUT2D eigenvalue weighted by Gasteiger charge is -2.11. The summed E-state index contributed by atoms with van der Waals surface area (Å²) >= 11 is 14.0. The second kappa shape index (κ2) is 6.03. The van der Waals surface area contributed by atoms with Crippen LogP contribution in [0.1, 0.15) is 5.56 Å². The van der Waals surface area contributed by atoms with E-state index >= 15 is 0 Å². The van der Waals surface area contributed by atoms with Crippen molar-refractivity contribution in [3.05, 3.63) is 57.0 Å². The molecular formula is C13H8BrClF2N2S. The van der Waals surface area contributed by atoms with E-state index in [4.69, 9.17) is 29.6 Å². The van der Waals surface area contributed by atoms with Crippen molar-refractivity contribution in [3.63, 3.8) is 0 Å². The number of halogens is 4. The molecule has 104 valence electrons. The number of benzene rings is 2. The maximum atomic E-state index is 13.7. The molecule has 0 amide bonds. The van der Waals surface area contributed by atoms with Crippen molar-refractivity contribution in [2.45, 2.75) is 0 Å². The molecular weight excluding hydrogens is 370 g/mol. The van der Waals surface area contributed by atoms with Crippen LogP contribution in [0.4, 0.5) is 20.2 Å². The van der Waals surface area contributed by atoms with Crippen molar-refractivity contribution < 1.29 is 8.78 Å². The highest BCUT2D eigenvalue weighted by Crippen LogP contribution is 2.31. The van der Waals surface area contributed by atoms with Gasteiger partial charge in [0.1, 0.15) is 10.8 Å². The second-order valence-corrected chi connectivity index (χ2v) is 5.63. The van der Waals surface area contributed by atoms with Gasteiger partial charge in [0, 0.05) is 21.8 Å². The first-order chi connectivity index (χ1) is 9.38. The third kappa shape index (κ3) is 3.26. The SMILES string of the molecule is NC(=S)c1ccc(Nc2c(F)cc(F)cc2Br)cc1Cl. The topological polar surface area (TPSA) is 38.0 Å². The van der Waals surface area contributed by atoms with Crippen LogP contribution in [0.25, 0.3) is 0 Å². The number of nitrogens with one attached hydrogen (secondary N) is 1. The molecule has 0 aliphatic carbocycles. The number of anilines is 2. The number of thiocarbonyl (C=S) groups is 1. The van der Waals surface area contributed by atoms with Crippen LogP contribution in [0.2, 0.25) is 5.02 Å². The van der Waals surface area contributed by atoms with Crippen LogP contribution in [0, 0.1) is 11.6 Å². The molecule has 0 fully saturated rings. The smallest absolute Gasteiger partial charge is 0.150 e. The van der Waals surface area contributed by atoms with Crippen molar-refractivity contribution >= 4 is 56.1 Å². The van der Waals surface area contributed by atoms with Crippen LogP contribution >= 0.6 is 39.7 Å². The second-order valence-electron chi connectivity index (χ2n) is 3.93. The average molecular weight is 378 g/mol. The minimum Gasteiger partial charge on any atom is -0.389 e. The van der Waals surface area contributed by atoms with Gasteiger partial charge in [-0.1, -0.05) is 23.8 Å². The maximum Gasteiger partial charge on any atom is 0.150 e. The number of hydrogen-bond donors (Lipinski definition) is 2. The zero-order valence-electron chi connectivity index (χ0n) is 9.88. The summed E-state index contributed by atoms with van der Waals surface area (Å²) in [7, 11) is 0. The van der Waals surface area contributed by atoms with E-state index in [1.807, 2.05) is 0 Å². The van der Waals surface area contributed by atoms with Gasteiger partial charge in [0.05, 0.1) is 10.7 Å². The highest BCUT2D eigenvalue weighted by atomic mass is 79.9. The van der Waals surface area contributed by atoms with Gasteiger partial charge < -0.3 is 11.1 Å². The minimum atomic E-state index is -0.716. The van der Waals surface area contributed by atoms with Gasteiger partial charge in [0.25, 0.3) is 0 Å². The first-order valence-corrected chi connectivity index (χ1v) is 6.97. The molecule has 20 heavy (non-hydrogen) atoms. The van der Waals surface area contributed by atoms with E-state index in [1.54, 1.807) is 18.2 Å². The maximum absolute atomic E-state index is 13.7. The summed E-state index contributed by atoms with van der Waals surface area (Å²) in [6.07, 6.45) is 0. The Bertz CT molecular complexity index is 671. The summed E-state index contributed by atoms with van der Waals surface area (Å²) in [4.78, 5) is 0.177. The Morgan fingerprint density at radius 3 is 2.50 bits per heavy atom. The van der Waals surface area contributed by atoms with E-state index in [2.05, 4.69) is 21.2 Å². The van der Waals surface area contributed by atoms with Crippen molar-refractivity contribution in [2.75, 3.05) is 5.32 Å². The summed E-state index contributed by atoms with van der Waals surface area (Å²) in [5.74, 6) is -1.38. The molecule has 0 heterocycles. The van der Waals surface area contributed by atoms with E-state index in [9.17, 15) is 8.78 Å². The molecule has 0 unspecified atom stereocenters. The van der Waals surface area contributed by atoms with Crippen LogP contribution in [0.3, 0.4) is 0 Å². The summed E-state index contributed by atoms with van der Waals surface area (Å²) < 4.78 is 27.0. The van der Waals surface area contributed by atoms with E-state index in [0.717, 1.165) is 12.1 Å². The summed E-state index contributed by atoms with van der Waals surface area (Å²) in [5, 5.41) is 3.17. The molecule has 2 aromatic carbocycles. The lowest BCUT2D eigenvalue weighted by atomic mass is 10.2. The van der Waals surface area contributed by atoms with Crippen LogP contribution in [0.5, 0.6) is 0 Å². The van der Waals surface area contributed by atoms with E-state index in [0.29, 0.717) is 16.3 Å². The van der Waals surface area contributed by atoms with Gasteiger partial charge in [-0.2, -0.15) is 0 Å². The molecule has 0 aromatic heterocycles. The Labute approximate surface area is 133 Å². The van der Waals surface area contributed by atoms with E-state index < -0.39 is 11.6 Å². The minimum absolute atomic E-state index is 0.116. The van der Waals surface area contributed by atoms with Gasteiger partial charge in [-0.05, 0) is 40.2 Å². The zero-order chi connectivity index (χ0) is 14.9. The molecule has 0 spiro atoms. The Hall–Kier alpha value is -1.24. The molecule has 0 saturated heterocycles. The molecule has 0 aliphatic heterocycles. The molecule has 0 saturated carbocycles. The third-order valence-electron chi connectivity index (χ3n) is 2.51. The molecule has 0 bridgehead atoms. The van der Waals surface area contributed by atoms with E-state index in [1.165, 1.54) is 0 Å². The van der Waals surface area contributed by atoms with Gasteiger partial charge in [0.15, 0.2) is 5.82 Å². The van der Waals surface area contributed by atoms with Crippen molar-refractivity contribution in [2.24, 2.45) is 5.73 Å². The Balaban J connectivity index is 2.36. The van der Waals surface area contributed by atoms with Gasteiger partial charge >= 0.3 is 0 Å². The monoisotopic (exact) mass is 376 g/mol. The predicted octanol–water partition coefficient (Wildman–Crippen LogP) is 4.76. The summed E-state index contributed by atoms with van der Waals surface area (Å²) in [6.45, 7) is 0. The third-order valence-corrected chi connectivity index (χ3v) is 3.67. The fraction of sp³-hybridized carbons (Fsp3) is 0. The van der Waals surface area contributed by atoms with Crippen molar-refractivity contribution in [1.29, 1.82) is 0 Å². The molecule has 3 N–H and O–H groups in total. The molecule has 0 radical (unpaired) electrons. The number of nitrogens with two attached hydrogens (primary N) is 1. The van der Waals surface area contributed by atoms with Gasteiger partial charge in [-0.3, -0.25) is 0 Å². The van der Waals surface area contributed by atoms with Crippen LogP contribution in [-0.2, 0) is 0 Å². The standard InChI is InChI=1S/C13H8BrClF2N2S/c14-9-3-6(16)4-11(17)12(9)19-7-1-2-8(13(18)20)10(15)5-7/h1-5,19H,(H2,18,20). The van der Waals surface area contributed by atoms with Crippen LogP contribution in [-0.4, -0.2) is 4.99 Å². The molecule has 0 aliphatic rings. The van der Waals surface area contributed by atoms with Gasteiger partial charge in [-0.25, -0.2) is 8.78 Å². The Morgan fingerprint density at radius 1 is 1.25 bits per heavy atom. The van der Waals surface area contributed by atoms with Crippen LogP contribution in [0.15, 0.2) is 34.8 Å². The first kappa shape index (κ1) is 15.2. The molecule has 0 atom stereocenters. The summed E-state index contributed by atoms with van der Waals surface area (Å²) in [5.41, 5.74) is 6.68. The predicted molar refractivity (Wildman–Crippen MR) is 84.7 cm³/mol. The lowest BCUT2D eigenvalue weighted by molar-refractivity contribution is 0.584. The fourth-order valence-electron chi connectivity index (χ4n) is 1.60. The highest BCUT2D eigenvalue weighted by molar-refractivity contribution is 9.10. The number of hydrogen-bond acceptors (Lipinski definition) is 2. The Morgan fingerprint density at radius 2 is 1.95 bits per heavy atom. The normalized spacial score (nSPS) is 10.4. The van der Waals surface area contributed by atoms with Crippen LogP contribution < -0.4 is 11.1 Å². The Kier molecular flexibility index (Phi) is 4.57. The zero-order valence-corrected chi connectivity index (χ0v) is 13.0. The van der Waals surface area contributed by atoms with Gasteiger partial charge in [-0.15, -0.1) is 0 Å². The first-order valence-electron chi connectivity index (χ1n) is 5.39. The molecule has 2 aromatic rings. The molecule has 2 nitrogen and oxygen atoms in total. The number of rotatable bonds is 3. The highest BCUT2D eigenvalue weighted by Gasteiger charge is 2.11. The quantitative estimate of drug-likeness (QED) is 0.758.